The second kappa shape index (κ2) is 16.4. The number of aryl methyl sites for hydroxylation is 1. The molecule has 0 radical (unpaired) electrons. The number of ether oxygens (including phenoxy) is 6. The fourth-order valence-corrected chi connectivity index (χ4v) is 3.63. The van der Waals surface area contributed by atoms with Gasteiger partial charge in [0.05, 0.1) is 46.2 Å². The maximum Gasteiger partial charge on any atom is 0.514 e. The van der Waals surface area contributed by atoms with Crippen LogP contribution in [-0.4, -0.2) is 71.2 Å². The summed E-state index contributed by atoms with van der Waals surface area (Å²) in [7, 11) is 0. The third kappa shape index (κ3) is 14.4. The first-order valence-electron chi connectivity index (χ1n) is 13.7. The molecule has 0 amide bonds. The maximum atomic E-state index is 12.6. The highest BCUT2D eigenvalue weighted by Crippen LogP contribution is 2.41. The van der Waals surface area contributed by atoms with Crippen molar-refractivity contribution < 1.29 is 33.2 Å². The molecular weight excluding hydrogens is 486 g/mol. The topological polar surface area (TPSA) is 98.5 Å². The lowest BCUT2D eigenvalue weighted by atomic mass is 9.78. The molecule has 0 aliphatic heterocycles. The molecule has 1 aromatic rings. The molecule has 1 aromatic carbocycles. The number of benzene rings is 1. The molecule has 0 saturated heterocycles. The summed E-state index contributed by atoms with van der Waals surface area (Å²) in [6.45, 7) is 23.2. The van der Waals surface area contributed by atoms with Crippen LogP contribution in [0.1, 0.15) is 85.4 Å². The van der Waals surface area contributed by atoms with E-state index >= 15 is 0 Å². The van der Waals surface area contributed by atoms with Gasteiger partial charge >= 0.3 is 6.16 Å². The van der Waals surface area contributed by atoms with Crippen molar-refractivity contribution >= 4 is 6.16 Å². The molecule has 0 fully saturated rings. The summed E-state index contributed by atoms with van der Waals surface area (Å²) >= 11 is 0. The Morgan fingerprint density at radius 1 is 0.684 bits per heavy atom. The van der Waals surface area contributed by atoms with Gasteiger partial charge in [0.25, 0.3) is 0 Å². The van der Waals surface area contributed by atoms with Gasteiger partial charge in [-0.15, -0.1) is 0 Å². The van der Waals surface area contributed by atoms with Crippen molar-refractivity contribution in [1.29, 1.82) is 0 Å². The van der Waals surface area contributed by atoms with Gasteiger partial charge in [-0.2, -0.15) is 0 Å². The number of carbonyl (C=O) groups is 1. The lowest BCUT2D eigenvalue weighted by Gasteiger charge is -2.30. The van der Waals surface area contributed by atoms with E-state index < -0.39 is 11.8 Å². The van der Waals surface area contributed by atoms with Crippen LogP contribution in [0.5, 0.6) is 5.75 Å². The third-order valence-corrected chi connectivity index (χ3v) is 5.47. The van der Waals surface area contributed by atoms with Crippen LogP contribution in [0.15, 0.2) is 12.1 Å². The average molecular weight is 540 g/mol. The molecule has 0 aliphatic rings. The number of carbonyl (C=O) groups excluding carboxylic acids is 1. The molecule has 1 rings (SSSR count). The first-order valence-corrected chi connectivity index (χ1v) is 13.7. The predicted octanol–water partition coefficient (Wildman–Crippen LogP) is 5.55. The standard InChI is InChI=1S/C30H53NO7/c1-28(2,3)24-21-23(11-10-13-33-15-17-35-19-20-36-18-16-34-14-12-31)22-25(29(4,5)6)26(24)37-27(32)38-30(7,8)9/h21-22H,10-20,31H2,1-9H3. The van der Waals surface area contributed by atoms with Crippen LogP contribution in [0.25, 0.3) is 0 Å². The van der Waals surface area contributed by atoms with Gasteiger partial charge in [-0.1, -0.05) is 53.7 Å². The van der Waals surface area contributed by atoms with Gasteiger partial charge < -0.3 is 34.2 Å². The summed E-state index contributed by atoms with van der Waals surface area (Å²) in [4.78, 5) is 12.6. The van der Waals surface area contributed by atoms with E-state index in [0.29, 0.717) is 65.1 Å². The Bertz CT molecular complexity index is 784. The van der Waals surface area contributed by atoms with Crippen molar-refractivity contribution in [1.82, 2.24) is 0 Å². The van der Waals surface area contributed by atoms with E-state index in [9.17, 15) is 4.79 Å². The first kappa shape index (κ1) is 34.3. The van der Waals surface area contributed by atoms with E-state index in [-0.39, 0.29) is 10.8 Å². The largest absolute Gasteiger partial charge is 0.514 e. The van der Waals surface area contributed by atoms with Gasteiger partial charge in [0.1, 0.15) is 11.4 Å². The average Bonchev–Trinajstić information content (AvgIpc) is 2.77. The zero-order valence-corrected chi connectivity index (χ0v) is 25.4. The molecule has 0 aromatic heterocycles. The van der Waals surface area contributed by atoms with Crippen molar-refractivity contribution in [3.8, 4) is 5.75 Å². The molecule has 0 spiro atoms. The Kier molecular flexibility index (Phi) is 14.8. The zero-order chi connectivity index (χ0) is 28.8. The second-order valence-electron chi connectivity index (χ2n) is 12.4. The number of hydrogen-bond acceptors (Lipinski definition) is 8. The molecule has 0 atom stereocenters. The van der Waals surface area contributed by atoms with E-state index in [2.05, 4.69) is 53.7 Å². The van der Waals surface area contributed by atoms with Gasteiger partial charge in [0.15, 0.2) is 0 Å². The van der Waals surface area contributed by atoms with E-state index in [0.717, 1.165) is 24.0 Å². The molecule has 0 aliphatic carbocycles. The highest BCUT2D eigenvalue weighted by Gasteiger charge is 2.30. The van der Waals surface area contributed by atoms with Gasteiger partial charge in [-0.3, -0.25) is 0 Å². The second-order valence-corrected chi connectivity index (χ2v) is 12.4. The van der Waals surface area contributed by atoms with Crippen LogP contribution in [0, 0.1) is 0 Å². The predicted molar refractivity (Wildman–Crippen MR) is 151 cm³/mol. The van der Waals surface area contributed by atoms with Crippen molar-refractivity contribution in [2.45, 2.75) is 91.6 Å². The summed E-state index contributed by atoms with van der Waals surface area (Å²) < 4.78 is 33.3. The Morgan fingerprint density at radius 3 is 1.50 bits per heavy atom. The lowest BCUT2D eigenvalue weighted by molar-refractivity contribution is -0.00118. The summed E-state index contributed by atoms with van der Waals surface area (Å²) in [6, 6.07) is 4.30. The summed E-state index contributed by atoms with van der Waals surface area (Å²) in [5, 5.41) is 0. The molecule has 220 valence electrons. The van der Waals surface area contributed by atoms with E-state index in [4.69, 9.17) is 34.2 Å². The van der Waals surface area contributed by atoms with Crippen LogP contribution in [0.3, 0.4) is 0 Å². The molecule has 0 saturated carbocycles. The third-order valence-electron chi connectivity index (χ3n) is 5.47. The Hall–Kier alpha value is -1.71. The fourth-order valence-electron chi connectivity index (χ4n) is 3.63. The van der Waals surface area contributed by atoms with Gasteiger partial charge in [0, 0.05) is 24.3 Å². The smallest absolute Gasteiger partial charge is 0.428 e. The van der Waals surface area contributed by atoms with E-state index in [1.54, 1.807) is 0 Å². The Balaban J connectivity index is 2.63. The van der Waals surface area contributed by atoms with Crippen molar-refractivity contribution in [2.24, 2.45) is 5.73 Å². The van der Waals surface area contributed by atoms with Gasteiger partial charge in [-0.05, 0) is 50.0 Å². The fraction of sp³-hybridized carbons (Fsp3) is 0.767. The molecule has 2 N–H and O–H groups in total. The minimum absolute atomic E-state index is 0.220. The molecular formula is C30H53NO7. The highest BCUT2D eigenvalue weighted by atomic mass is 16.7. The minimum atomic E-state index is -0.681. The summed E-state index contributed by atoms with van der Waals surface area (Å²) in [6.07, 6.45) is 1.06. The Labute approximate surface area is 230 Å². The number of rotatable bonds is 16. The molecule has 0 unspecified atom stereocenters. The summed E-state index contributed by atoms with van der Waals surface area (Å²) in [5.74, 6) is 0.600. The SMILES string of the molecule is CC(C)(C)OC(=O)Oc1c(C(C)(C)C)cc(CCCOCCOCCOCCOCCN)cc1C(C)(C)C. The number of hydrogen-bond donors (Lipinski definition) is 1. The van der Waals surface area contributed by atoms with E-state index in [1.807, 2.05) is 20.8 Å². The van der Waals surface area contributed by atoms with Crippen molar-refractivity contribution in [3.63, 3.8) is 0 Å². The van der Waals surface area contributed by atoms with Crippen LogP contribution in [0.2, 0.25) is 0 Å². The molecule has 0 heterocycles. The quantitative estimate of drug-likeness (QED) is 0.166. The first-order chi connectivity index (χ1) is 17.6. The highest BCUT2D eigenvalue weighted by molar-refractivity contribution is 5.67. The van der Waals surface area contributed by atoms with Gasteiger partial charge in [0.2, 0.25) is 0 Å². The Morgan fingerprint density at radius 2 is 1.11 bits per heavy atom. The number of nitrogens with two attached hydrogens (primary N) is 1. The molecule has 0 bridgehead atoms. The molecule has 8 heteroatoms. The molecule has 8 nitrogen and oxygen atoms in total. The van der Waals surface area contributed by atoms with Gasteiger partial charge in [-0.25, -0.2) is 4.79 Å². The van der Waals surface area contributed by atoms with Crippen molar-refractivity contribution in [3.05, 3.63) is 28.8 Å². The van der Waals surface area contributed by atoms with Crippen LogP contribution < -0.4 is 10.5 Å². The summed E-state index contributed by atoms with van der Waals surface area (Å²) in [5.41, 5.74) is 7.48. The molecule has 38 heavy (non-hydrogen) atoms. The van der Waals surface area contributed by atoms with Crippen molar-refractivity contribution in [2.75, 3.05) is 59.4 Å². The monoisotopic (exact) mass is 539 g/mol. The van der Waals surface area contributed by atoms with Crippen LogP contribution >= 0.6 is 0 Å². The maximum absolute atomic E-state index is 12.6. The normalized spacial score (nSPS) is 12.6. The minimum Gasteiger partial charge on any atom is -0.428 e. The van der Waals surface area contributed by atoms with Crippen LogP contribution in [0.4, 0.5) is 4.79 Å². The zero-order valence-electron chi connectivity index (χ0n) is 25.4. The lowest BCUT2D eigenvalue weighted by Crippen LogP contribution is -2.28. The van der Waals surface area contributed by atoms with E-state index in [1.165, 1.54) is 5.56 Å². The van der Waals surface area contributed by atoms with Crippen LogP contribution in [-0.2, 0) is 40.9 Å².